The highest BCUT2D eigenvalue weighted by Crippen LogP contribution is 2.28. The predicted octanol–water partition coefficient (Wildman–Crippen LogP) is 1.55. The molecule has 0 aromatic heterocycles. The molecule has 0 radical (unpaired) electrons. The Hall–Kier alpha value is -1.88. The second kappa shape index (κ2) is 6.32. The quantitative estimate of drug-likeness (QED) is 0.866. The standard InChI is InChI=1S/C18H24N2O3/c1-18(23,13-6-3-2-4-7-13)12-16(21)20-11-5-8-15(20)17(22)19-14-9-10-14/h2-4,6-7,14-15,23H,5,8-12H2,1H3,(H,19,22). The Kier molecular flexibility index (Phi) is 4.39. The molecule has 2 fully saturated rings. The van der Waals surface area contributed by atoms with Gasteiger partial charge >= 0.3 is 0 Å². The first-order valence-electron chi connectivity index (χ1n) is 8.35. The van der Waals surface area contributed by atoms with Crippen LogP contribution in [0.3, 0.4) is 0 Å². The molecule has 1 heterocycles. The summed E-state index contributed by atoms with van der Waals surface area (Å²) in [6.07, 6.45) is 3.61. The van der Waals surface area contributed by atoms with Crippen molar-refractivity contribution in [2.45, 2.75) is 56.7 Å². The molecule has 2 aliphatic rings. The summed E-state index contributed by atoms with van der Waals surface area (Å²) < 4.78 is 0. The maximum Gasteiger partial charge on any atom is 0.243 e. The number of nitrogens with zero attached hydrogens (tertiary/aromatic N) is 1. The summed E-state index contributed by atoms with van der Waals surface area (Å²) in [5.41, 5.74) is -0.509. The molecule has 2 amide bonds. The van der Waals surface area contributed by atoms with Gasteiger partial charge in [-0.05, 0) is 38.2 Å². The minimum Gasteiger partial charge on any atom is -0.385 e. The van der Waals surface area contributed by atoms with E-state index >= 15 is 0 Å². The zero-order valence-corrected chi connectivity index (χ0v) is 13.5. The highest BCUT2D eigenvalue weighted by molar-refractivity contribution is 5.88. The van der Waals surface area contributed by atoms with Crippen molar-refractivity contribution in [2.24, 2.45) is 0 Å². The third-order valence-corrected chi connectivity index (χ3v) is 4.69. The van der Waals surface area contributed by atoms with Crippen LogP contribution in [0.4, 0.5) is 0 Å². The Morgan fingerprint density at radius 3 is 2.61 bits per heavy atom. The highest BCUT2D eigenvalue weighted by Gasteiger charge is 2.38. The fourth-order valence-corrected chi connectivity index (χ4v) is 3.16. The van der Waals surface area contributed by atoms with Crippen molar-refractivity contribution in [1.29, 1.82) is 0 Å². The summed E-state index contributed by atoms with van der Waals surface area (Å²) >= 11 is 0. The van der Waals surface area contributed by atoms with Crippen LogP contribution in [0.1, 0.15) is 44.6 Å². The van der Waals surface area contributed by atoms with Crippen LogP contribution in [-0.4, -0.2) is 40.4 Å². The maximum absolute atomic E-state index is 12.6. The van der Waals surface area contributed by atoms with Crippen LogP contribution in [0.25, 0.3) is 0 Å². The third kappa shape index (κ3) is 3.72. The van der Waals surface area contributed by atoms with E-state index in [2.05, 4.69) is 5.32 Å². The molecule has 1 saturated heterocycles. The van der Waals surface area contributed by atoms with E-state index in [-0.39, 0.29) is 24.3 Å². The first kappa shape index (κ1) is 16.0. The van der Waals surface area contributed by atoms with Gasteiger partial charge in [-0.25, -0.2) is 0 Å². The summed E-state index contributed by atoms with van der Waals surface area (Å²) in [5.74, 6) is -0.204. The Morgan fingerprint density at radius 2 is 1.96 bits per heavy atom. The number of rotatable bonds is 5. The zero-order valence-electron chi connectivity index (χ0n) is 13.5. The van der Waals surface area contributed by atoms with Crippen molar-refractivity contribution in [3.8, 4) is 0 Å². The molecule has 124 valence electrons. The lowest BCUT2D eigenvalue weighted by Crippen LogP contribution is -2.47. The smallest absolute Gasteiger partial charge is 0.243 e. The van der Waals surface area contributed by atoms with E-state index in [9.17, 15) is 14.7 Å². The zero-order chi connectivity index (χ0) is 16.4. The molecule has 1 aliphatic carbocycles. The normalized spacial score (nSPS) is 23.4. The second-order valence-corrected chi connectivity index (χ2v) is 6.84. The van der Waals surface area contributed by atoms with Gasteiger partial charge in [-0.2, -0.15) is 0 Å². The van der Waals surface area contributed by atoms with Crippen molar-refractivity contribution in [3.63, 3.8) is 0 Å². The lowest BCUT2D eigenvalue weighted by molar-refractivity contribution is -0.142. The minimum atomic E-state index is -1.22. The van der Waals surface area contributed by atoms with Crippen LogP contribution in [-0.2, 0) is 15.2 Å². The lowest BCUT2D eigenvalue weighted by Gasteiger charge is -2.29. The largest absolute Gasteiger partial charge is 0.385 e. The molecule has 3 rings (SSSR count). The highest BCUT2D eigenvalue weighted by atomic mass is 16.3. The van der Waals surface area contributed by atoms with E-state index in [1.54, 1.807) is 11.8 Å². The van der Waals surface area contributed by atoms with Crippen molar-refractivity contribution >= 4 is 11.8 Å². The summed E-state index contributed by atoms with van der Waals surface area (Å²) in [5, 5.41) is 13.6. The first-order valence-corrected chi connectivity index (χ1v) is 8.35. The Bertz CT molecular complexity index is 581. The van der Waals surface area contributed by atoms with E-state index in [0.717, 1.165) is 19.3 Å². The summed E-state index contributed by atoms with van der Waals surface area (Å²) in [4.78, 5) is 26.5. The fourth-order valence-electron chi connectivity index (χ4n) is 3.16. The van der Waals surface area contributed by atoms with Gasteiger partial charge in [0.1, 0.15) is 6.04 Å². The number of likely N-dealkylation sites (tertiary alicyclic amines) is 1. The summed E-state index contributed by atoms with van der Waals surface area (Å²) in [6, 6.07) is 9.11. The Morgan fingerprint density at radius 1 is 1.26 bits per heavy atom. The number of nitrogens with one attached hydrogen (secondary N) is 1. The molecule has 2 atom stereocenters. The summed E-state index contributed by atoms with van der Waals surface area (Å²) in [6.45, 7) is 2.24. The molecule has 0 spiro atoms. The number of benzene rings is 1. The van der Waals surface area contributed by atoms with Gasteiger partial charge in [-0.1, -0.05) is 30.3 Å². The van der Waals surface area contributed by atoms with Gasteiger partial charge < -0.3 is 15.3 Å². The van der Waals surface area contributed by atoms with Gasteiger partial charge in [0.15, 0.2) is 0 Å². The van der Waals surface area contributed by atoms with Crippen LogP contribution in [0.2, 0.25) is 0 Å². The van der Waals surface area contributed by atoms with Crippen molar-refractivity contribution < 1.29 is 14.7 Å². The average molecular weight is 316 g/mol. The van der Waals surface area contributed by atoms with Crippen molar-refractivity contribution in [3.05, 3.63) is 35.9 Å². The Labute approximate surface area is 136 Å². The van der Waals surface area contributed by atoms with E-state index in [1.807, 2.05) is 30.3 Å². The van der Waals surface area contributed by atoms with Gasteiger partial charge in [0, 0.05) is 12.6 Å². The molecule has 5 nitrogen and oxygen atoms in total. The number of carbonyl (C=O) groups is 2. The van der Waals surface area contributed by atoms with Gasteiger partial charge in [-0.15, -0.1) is 0 Å². The minimum absolute atomic E-state index is 0.00970. The molecule has 1 saturated carbocycles. The van der Waals surface area contributed by atoms with Crippen LogP contribution < -0.4 is 5.32 Å². The number of hydrogen-bond donors (Lipinski definition) is 2. The van der Waals surface area contributed by atoms with Crippen LogP contribution in [0.5, 0.6) is 0 Å². The maximum atomic E-state index is 12.6. The van der Waals surface area contributed by atoms with Gasteiger partial charge in [0.25, 0.3) is 0 Å². The SMILES string of the molecule is CC(O)(CC(=O)N1CCCC1C(=O)NC1CC1)c1ccccc1. The molecule has 1 aliphatic heterocycles. The predicted molar refractivity (Wildman–Crippen MR) is 86.5 cm³/mol. The van der Waals surface area contributed by atoms with Crippen molar-refractivity contribution in [1.82, 2.24) is 10.2 Å². The molecule has 1 aromatic rings. The first-order chi connectivity index (χ1) is 11.0. The number of carbonyl (C=O) groups excluding carboxylic acids is 2. The number of amides is 2. The molecule has 2 unspecified atom stereocenters. The third-order valence-electron chi connectivity index (χ3n) is 4.69. The monoisotopic (exact) mass is 316 g/mol. The van der Waals surface area contributed by atoms with Crippen molar-refractivity contribution in [2.75, 3.05) is 6.54 Å². The number of aliphatic hydroxyl groups is 1. The van der Waals surface area contributed by atoms with Gasteiger partial charge in [-0.3, -0.25) is 9.59 Å². The molecule has 1 aromatic carbocycles. The van der Waals surface area contributed by atoms with E-state index < -0.39 is 5.60 Å². The average Bonchev–Trinajstić information content (AvgIpc) is 3.19. The van der Waals surface area contributed by atoms with E-state index in [0.29, 0.717) is 24.6 Å². The lowest BCUT2D eigenvalue weighted by atomic mass is 9.92. The van der Waals surface area contributed by atoms with Gasteiger partial charge in [0.2, 0.25) is 11.8 Å². The van der Waals surface area contributed by atoms with Crippen LogP contribution in [0.15, 0.2) is 30.3 Å². The van der Waals surface area contributed by atoms with Crippen LogP contribution >= 0.6 is 0 Å². The molecule has 0 bridgehead atoms. The van der Waals surface area contributed by atoms with Crippen LogP contribution in [0, 0.1) is 0 Å². The molecule has 23 heavy (non-hydrogen) atoms. The molecular formula is C18H24N2O3. The summed E-state index contributed by atoms with van der Waals surface area (Å²) in [7, 11) is 0. The van der Waals surface area contributed by atoms with E-state index in [1.165, 1.54) is 0 Å². The Balaban J connectivity index is 1.65. The second-order valence-electron chi connectivity index (χ2n) is 6.84. The van der Waals surface area contributed by atoms with E-state index in [4.69, 9.17) is 0 Å². The molecule has 2 N–H and O–H groups in total. The fraction of sp³-hybridized carbons (Fsp3) is 0.556. The topological polar surface area (TPSA) is 69.6 Å². The van der Waals surface area contributed by atoms with Gasteiger partial charge in [0.05, 0.1) is 12.0 Å². The molecule has 5 heteroatoms. The number of hydrogen-bond acceptors (Lipinski definition) is 3. The molecular weight excluding hydrogens is 292 g/mol.